The van der Waals surface area contributed by atoms with Crippen LogP contribution in [0.4, 0.5) is 4.79 Å². The number of nitrogens with zero attached hydrogens (tertiary/aromatic N) is 1. The Labute approximate surface area is 148 Å². The van der Waals surface area contributed by atoms with E-state index in [2.05, 4.69) is 38.2 Å². The van der Waals surface area contributed by atoms with E-state index in [1.807, 2.05) is 42.5 Å². The molecule has 1 aliphatic heterocycles. The van der Waals surface area contributed by atoms with Crippen LogP contribution >= 0.6 is 0 Å². The fourth-order valence-electron chi connectivity index (χ4n) is 3.10. The third kappa shape index (κ3) is 3.16. The van der Waals surface area contributed by atoms with Crippen LogP contribution in [0.1, 0.15) is 44.4 Å². The first-order chi connectivity index (χ1) is 11.7. The number of hydrogen-bond acceptors (Lipinski definition) is 2. The van der Waals surface area contributed by atoms with E-state index in [1.54, 1.807) is 6.92 Å². The third-order valence-electron chi connectivity index (χ3n) is 4.79. The standard InChI is InChI=1S/C21H24N2O2/c1-20(2,3)16-12-10-15(11-13-16)14-23-18(24)21(4,22-19(23)25)17-8-6-5-7-9-17/h5-13H,14H2,1-4H3,(H,22,25)/t21-/m0/s1. The van der Waals surface area contributed by atoms with Gasteiger partial charge in [0.05, 0.1) is 6.54 Å². The minimum atomic E-state index is -1.01. The summed E-state index contributed by atoms with van der Waals surface area (Å²) >= 11 is 0. The first-order valence-corrected chi connectivity index (χ1v) is 8.51. The topological polar surface area (TPSA) is 49.4 Å². The molecule has 1 heterocycles. The maximum atomic E-state index is 12.9. The van der Waals surface area contributed by atoms with E-state index < -0.39 is 5.54 Å². The molecule has 0 radical (unpaired) electrons. The molecule has 2 aromatic carbocycles. The van der Waals surface area contributed by atoms with Gasteiger partial charge in [-0.1, -0.05) is 75.4 Å². The van der Waals surface area contributed by atoms with Crippen LogP contribution in [0.15, 0.2) is 54.6 Å². The van der Waals surface area contributed by atoms with Crippen LogP contribution in [0.5, 0.6) is 0 Å². The SMILES string of the molecule is CC(C)(C)c1ccc(CN2C(=O)N[C@@](C)(c3ccccc3)C2=O)cc1. The van der Waals surface area contributed by atoms with Crippen LogP contribution in [-0.2, 0) is 22.3 Å². The zero-order chi connectivity index (χ0) is 18.2. The van der Waals surface area contributed by atoms with Gasteiger partial charge in [0.15, 0.2) is 0 Å². The Morgan fingerprint density at radius 3 is 2.12 bits per heavy atom. The molecule has 0 spiro atoms. The summed E-state index contributed by atoms with van der Waals surface area (Å²) in [7, 11) is 0. The maximum Gasteiger partial charge on any atom is 0.325 e. The quantitative estimate of drug-likeness (QED) is 0.863. The largest absolute Gasteiger partial charge is 0.325 e. The van der Waals surface area contributed by atoms with Gasteiger partial charge in [0.2, 0.25) is 0 Å². The van der Waals surface area contributed by atoms with E-state index in [1.165, 1.54) is 10.5 Å². The molecule has 0 bridgehead atoms. The fourth-order valence-corrected chi connectivity index (χ4v) is 3.10. The minimum absolute atomic E-state index is 0.0747. The predicted molar refractivity (Wildman–Crippen MR) is 98.0 cm³/mol. The van der Waals surface area contributed by atoms with Crippen molar-refractivity contribution in [2.45, 2.75) is 45.2 Å². The summed E-state index contributed by atoms with van der Waals surface area (Å²) < 4.78 is 0. The summed E-state index contributed by atoms with van der Waals surface area (Å²) in [5, 5.41) is 2.84. The van der Waals surface area contributed by atoms with Crippen molar-refractivity contribution in [3.8, 4) is 0 Å². The van der Waals surface area contributed by atoms with Crippen molar-refractivity contribution in [3.05, 3.63) is 71.3 Å². The van der Waals surface area contributed by atoms with Crippen LogP contribution in [0.2, 0.25) is 0 Å². The number of carbonyl (C=O) groups is 2. The number of nitrogens with one attached hydrogen (secondary N) is 1. The Bertz CT molecular complexity index is 791. The van der Waals surface area contributed by atoms with Crippen LogP contribution in [0.25, 0.3) is 0 Å². The average molecular weight is 336 g/mol. The highest BCUT2D eigenvalue weighted by molar-refractivity contribution is 6.07. The van der Waals surface area contributed by atoms with Gasteiger partial charge in [0, 0.05) is 0 Å². The lowest BCUT2D eigenvalue weighted by atomic mass is 9.86. The molecule has 3 amide bonds. The molecule has 0 unspecified atom stereocenters. The highest BCUT2D eigenvalue weighted by Crippen LogP contribution is 2.30. The molecule has 130 valence electrons. The van der Waals surface area contributed by atoms with Gasteiger partial charge >= 0.3 is 6.03 Å². The number of urea groups is 1. The normalized spacial score (nSPS) is 20.7. The summed E-state index contributed by atoms with van der Waals surface area (Å²) in [5.74, 6) is -0.219. The summed E-state index contributed by atoms with van der Waals surface area (Å²) in [4.78, 5) is 26.6. The predicted octanol–water partition coefficient (Wildman–Crippen LogP) is 3.95. The van der Waals surface area contributed by atoms with Gasteiger partial charge in [-0.25, -0.2) is 4.79 Å². The van der Waals surface area contributed by atoms with Crippen LogP contribution in [0.3, 0.4) is 0 Å². The molecule has 2 aromatic rings. The van der Waals surface area contributed by atoms with Crippen molar-refractivity contribution in [3.63, 3.8) is 0 Å². The van der Waals surface area contributed by atoms with Crippen molar-refractivity contribution >= 4 is 11.9 Å². The number of carbonyl (C=O) groups excluding carboxylic acids is 2. The van der Waals surface area contributed by atoms with Crippen molar-refractivity contribution in [2.75, 3.05) is 0 Å². The molecular weight excluding hydrogens is 312 g/mol. The first-order valence-electron chi connectivity index (χ1n) is 8.51. The molecule has 0 aliphatic carbocycles. The average Bonchev–Trinajstić information content (AvgIpc) is 2.80. The number of rotatable bonds is 3. The minimum Gasteiger partial charge on any atom is -0.319 e. The molecule has 3 rings (SSSR count). The Morgan fingerprint density at radius 1 is 0.960 bits per heavy atom. The second-order valence-electron chi connectivity index (χ2n) is 7.76. The van der Waals surface area contributed by atoms with E-state index in [0.717, 1.165) is 11.1 Å². The Kier molecular flexibility index (Phi) is 4.15. The Hall–Kier alpha value is -2.62. The van der Waals surface area contributed by atoms with Gasteiger partial charge in [-0.2, -0.15) is 0 Å². The molecular formula is C21H24N2O2. The van der Waals surface area contributed by atoms with Crippen molar-refractivity contribution in [2.24, 2.45) is 0 Å². The van der Waals surface area contributed by atoms with Crippen molar-refractivity contribution < 1.29 is 9.59 Å². The summed E-state index contributed by atoms with van der Waals surface area (Å²) in [6.45, 7) is 8.50. The second-order valence-corrected chi connectivity index (χ2v) is 7.76. The monoisotopic (exact) mass is 336 g/mol. The van der Waals surface area contributed by atoms with Gasteiger partial charge in [0.1, 0.15) is 5.54 Å². The lowest BCUT2D eigenvalue weighted by Gasteiger charge is -2.22. The molecule has 25 heavy (non-hydrogen) atoms. The molecule has 1 saturated heterocycles. The Morgan fingerprint density at radius 2 is 1.56 bits per heavy atom. The third-order valence-corrected chi connectivity index (χ3v) is 4.79. The van der Waals surface area contributed by atoms with Crippen LogP contribution in [-0.4, -0.2) is 16.8 Å². The summed E-state index contributed by atoms with van der Waals surface area (Å²) in [6, 6.07) is 17.1. The highest BCUT2D eigenvalue weighted by Gasteiger charge is 2.48. The molecule has 1 aliphatic rings. The number of amides is 3. The zero-order valence-electron chi connectivity index (χ0n) is 15.2. The van der Waals surface area contributed by atoms with Gasteiger partial charge < -0.3 is 5.32 Å². The highest BCUT2D eigenvalue weighted by atomic mass is 16.2. The molecule has 1 fully saturated rings. The molecule has 4 heteroatoms. The summed E-state index contributed by atoms with van der Waals surface area (Å²) in [5.41, 5.74) is 2.02. The second kappa shape index (κ2) is 6.03. The first kappa shape index (κ1) is 17.2. The van der Waals surface area contributed by atoms with Crippen LogP contribution < -0.4 is 5.32 Å². The number of hydrogen-bond donors (Lipinski definition) is 1. The van der Waals surface area contributed by atoms with E-state index in [9.17, 15) is 9.59 Å². The fraction of sp³-hybridized carbons (Fsp3) is 0.333. The molecule has 1 N–H and O–H groups in total. The molecule has 1 atom stereocenters. The van der Waals surface area contributed by atoms with E-state index in [0.29, 0.717) is 0 Å². The summed E-state index contributed by atoms with van der Waals surface area (Å²) in [6.07, 6.45) is 0. The van der Waals surface area contributed by atoms with Gasteiger partial charge in [-0.05, 0) is 29.0 Å². The maximum absolute atomic E-state index is 12.9. The van der Waals surface area contributed by atoms with E-state index in [4.69, 9.17) is 0 Å². The number of imide groups is 1. The van der Waals surface area contributed by atoms with Gasteiger partial charge in [-0.15, -0.1) is 0 Å². The molecule has 0 saturated carbocycles. The Balaban J connectivity index is 1.82. The smallest absolute Gasteiger partial charge is 0.319 e. The molecule has 0 aromatic heterocycles. The van der Waals surface area contributed by atoms with Crippen LogP contribution in [0, 0.1) is 0 Å². The van der Waals surface area contributed by atoms with E-state index in [-0.39, 0.29) is 23.9 Å². The lowest BCUT2D eigenvalue weighted by Crippen LogP contribution is -2.40. The zero-order valence-corrected chi connectivity index (χ0v) is 15.2. The van der Waals surface area contributed by atoms with E-state index >= 15 is 0 Å². The number of benzene rings is 2. The lowest BCUT2D eigenvalue weighted by molar-refractivity contribution is -0.131. The van der Waals surface area contributed by atoms with Crippen molar-refractivity contribution in [1.82, 2.24) is 10.2 Å². The molecule has 4 nitrogen and oxygen atoms in total. The van der Waals surface area contributed by atoms with Crippen molar-refractivity contribution in [1.29, 1.82) is 0 Å². The van der Waals surface area contributed by atoms with Gasteiger partial charge in [-0.3, -0.25) is 9.69 Å². The van der Waals surface area contributed by atoms with Gasteiger partial charge in [0.25, 0.3) is 5.91 Å².